The molecule has 0 bridgehead atoms. The Morgan fingerprint density at radius 3 is 3.00 bits per heavy atom. The average Bonchev–Trinajstić information content (AvgIpc) is 2.37. The molecule has 0 radical (unpaired) electrons. The molecule has 48 valence electrons. The first kappa shape index (κ1) is 6.36. The van der Waals surface area contributed by atoms with E-state index in [0.29, 0.717) is 10.9 Å². The van der Waals surface area contributed by atoms with Crippen molar-refractivity contribution < 1.29 is 4.42 Å². The van der Waals surface area contributed by atoms with Crippen molar-refractivity contribution in [2.45, 2.75) is 0 Å². The van der Waals surface area contributed by atoms with Crippen LogP contribution >= 0.6 is 11.6 Å². The van der Waals surface area contributed by atoms with E-state index in [1.807, 2.05) is 0 Å². The lowest BCUT2D eigenvalue weighted by molar-refractivity contribution is 0.559. The Labute approximate surface area is 58.2 Å². The molecule has 0 atom stereocenters. The van der Waals surface area contributed by atoms with Gasteiger partial charge in [0, 0.05) is 7.05 Å². The molecule has 0 saturated carbocycles. The second-order valence-corrected chi connectivity index (χ2v) is 1.85. The zero-order chi connectivity index (χ0) is 6.69. The molecule has 9 heavy (non-hydrogen) atoms. The predicted molar refractivity (Wildman–Crippen MR) is 37.0 cm³/mol. The Bertz CT molecular complexity index is 203. The van der Waals surface area contributed by atoms with E-state index in [-0.39, 0.29) is 0 Å². The van der Waals surface area contributed by atoms with Crippen LogP contribution < -0.4 is 0 Å². The molecule has 0 amide bonds. The highest BCUT2D eigenvalue weighted by molar-refractivity contribution is 6.69. The second kappa shape index (κ2) is 2.69. The van der Waals surface area contributed by atoms with Crippen LogP contribution in [-0.2, 0) is 0 Å². The predicted octanol–water partition coefficient (Wildman–Crippen LogP) is 1.89. The lowest BCUT2D eigenvalue weighted by Crippen LogP contribution is -1.84. The maximum atomic E-state index is 5.59. The van der Waals surface area contributed by atoms with E-state index in [0.717, 1.165) is 0 Å². The molecule has 0 N–H and O–H groups in total. The SMILES string of the molecule is CN=C(Cl)c1ccco1. The average molecular weight is 144 g/mol. The quantitative estimate of drug-likeness (QED) is 0.552. The van der Waals surface area contributed by atoms with Gasteiger partial charge in [0.15, 0.2) is 10.9 Å². The number of hydrogen-bond acceptors (Lipinski definition) is 2. The standard InChI is InChI=1S/C6H6ClNO/c1-8-6(7)5-3-2-4-9-5/h2-4H,1H3. The summed E-state index contributed by atoms with van der Waals surface area (Å²) in [6.45, 7) is 0. The molecule has 0 spiro atoms. The molecule has 0 aliphatic carbocycles. The van der Waals surface area contributed by atoms with E-state index in [1.165, 1.54) is 0 Å². The fraction of sp³-hybridized carbons (Fsp3) is 0.167. The number of hydrogen-bond donors (Lipinski definition) is 0. The maximum Gasteiger partial charge on any atom is 0.166 e. The zero-order valence-electron chi connectivity index (χ0n) is 4.97. The molecule has 0 aliphatic rings. The van der Waals surface area contributed by atoms with Crippen LogP contribution in [0, 0.1) is 0 Å². The molecule has 2 nitrogen and oxygen atoms in total. The Hall–Kier alpha value is -0.760. The molecule has 1 aromatic heterocycles. The van der Waals surface area contributed by atoms with E-state index >= 15 is 0 Å². The molecule has 0 fully saturated rings. The van der Waals surface area contributed by atoms with Crippen molar-refractivity contribution in [3.63, 3.8) is 0 Å². The fourth-order valence-corrected chi connectivity index (χ4v) is 0.614. The van der Waals surface area contributed by atoms with Gasteiger partial charge < -0.3 is 4.42 Å². The van der Waals surface area contributed by atoms with Gasteiger partial charge in [-0.3, -0.25) is 4.99 Å². The number of rotatable bonds is 1. The third kappa shape index (κ3) is 1.33. The lowest BCUT2D eigenvalue weighted by atomic mass is 10.5. The van der Waals surface area contributed by atoms with Crippen molar-refractivity contribution in [2.75, 3.05) is 7.05 Å². The highest BCUT2D eigenvalue weighted by Gasteiger charge is 1.98. The topological polar surface area (TPSA) is 25.5 Å². The van der Waals surface area contributed by atoms with Gasteiger partial charge in [0.25, 0.3) is 0 Å². The van der Waals surface area contributed by atoms with Gasteiger partial charge in [0.1, 0.15) is 0 Å². The molecule has 1 heterocycles. The van der Waals surface area contributed by atoms with Crippen molar-refractivity contribution in [3.05, 3.63) is 24.2 Å². The first-order valence-corrected chi connectivity index (χ1v) is 2.88. The maximum absolute atomic E-state index is 5.59. The molecule has 0 unspecified atom stereocenters. The van der Waals surface area contributed by atoms with Crippen molar-refractivity contribution in [1.29, 1.82) is 0 Å². The second-order valence-electron chi connectivity index (χ2n) is 1.49. The third-order valence-electron chi connectivity index (χ3n) is 0.921. The minimum absolute atomic E-state index is 0.403. The third-order valence-corrected chi connectivity index (χ3v) is 1.28. The van der Waals surface area contributed by atoms with E-state index in [2.05, 4.69) is 4.99 Å². The van der Waals surface area contributed by atoms with Gasteiger partial charge in [-0.2, -0.15) is 0 Å². The monoisotopic (exact) mass is 143 g/mol. The Morgan fingerprint density at radius 1 is 1.78 bits per heavy atom. The molecule has 0 aromatic carbocycles. The molecule has 0 aliphatic heterocycles. The summed E-state index contributed by atoms with van der Waals surface area (Å²) in [7, 11) is 1.62. The van der Waals surface area contributed by atoms with Crippen LogP contribution in [-0.4, -0.2) is 12.2 Å². The van der Waals surface area contributed by atoms with Crippen LogP contribution in [0.4, 0.5) is 0 Å². The van der Waals surface area contributed by atoms with E-state index < -0.39 is 0 Å². The van der Waals surface area contributed by atoms with E-state index in [1.54, 1.807) is 25.4 Å². The van der Waals surface area contributed by atoms with E-state index in [4.69, 9.17) is 16.0 Å². The Morgan fingerprint density at radius 2 is 2.56 bits per heavy atom. The minimum atomic E-state index is 0.403. The Kier molecular flexibility index (Phi) is 1.90. The van der Waals surface area contributed by atoms with Gasteiger partial charge in [-0.25, -0.2) is 0 Å². The summed E-state index contributed by atoms with van der Waals surface area (Å²) in [5, 5.41) is 0.403. The van der Waals surface area contributed by atoms with Gasteiger partial charge >= 0.3 is 0 Å². The van der Waals surface area contributed by atoms with Crippen LogP contribution in [0.15, 0.2) is 27.8 Å². The normalized spacial score (nSPS) is 12.0. The highest BCUT2D eigenvalue weighted by atomic mass is 35.5. The van der Waals surface area contributed by atoms with Crippen LogP contribution in [0.3, 0.4) is 0 Å². The number of aliphatic imine (C=N–C) groups is 1. The molecule has 3 heteroatoms. The lowest BCUT2D eigenvalue weighted by Gasteiger charge is -1.85. The number of halogens is 1. The first-order valence-electron chi connectivity index (χ1n) is 2.50. The zero-order valence-corrected chi connectivity index (χ0v) is 5.72. The van der Waals surface area contributed by atoms with Crippen LogP contribution in [0.2, 0.25) is 0 Å². The Balaban J connectivity index is 2.90. The van der Waals surface area contributed by atoms with Crippen LogP contribution in [0.5, 0.6) is 0 Å². The molecular formula is C6H6ClNO. The first-order chi connectivity index (χ1) is 4.34. The smallest absolute Gasteiger partial charge is 0.166 e. The fourth-order valence-electron chi connectivity index (χ4n) is 0.506. The van der Waals surface area contributed by atoms with Gasteiger partial charge in [0.2, 0.25) is 0 Å². The summed E-state index contributed by atoms with van der Waals surface area (Å²) in [6.07, 6.45) is 1.56. The summed E-state index contributed by atoms with van der Waals surface area (Å²) >= 11 is 5.59. The van der Waals surface area contributed by atoms with Crippen molar-refractivity contribution >= 4 is 16.8 Å². The summed E-state index contributed by atoms with van der Waals surface area (Å²) in [5.74, 6) is 0.610. The van der Waals surface area contributed by atoms with Crippen molar-refractivity contribution in [3.8, 4) is 0 Å². The van der Waals surface area contributed by atoms with Crippen LogP contribution in [0.25, 0.3) is 0 Å². The molecular weight excluding hydrogens is 138 g/mol. The van der Waals surface area contributed by atoms with Gasteiger partial charge in [0.05, 0.1) is 6.26 Å². The number of furan rings is 1. The molecule has 1 rings (SSSR count). The summed E-state index contributed by atoms with van der Waals surface area (Å²) in [6, 6.07) is 3.53. The summed E-state index contributed by atoms with van der Waals surface area (Å²) in [4.78, 5) is 3.72. The molecule has 1 aromatic rings. The van der Waals surface area contributed by atoms with Crippen LogP contribution in [0.1, 0.15) is 5.76 Å². The highest BCUT2D eigenvalue weighted by Crippen LogP contribution is 2.04. The number of nitrogens with zero attached hydrogens (tertiary/aromatic N) is 1. The van der Waals surface area contributed by atoms with Crippen molar-refractivity contribution in [2.24, 2.45) is 4.99 Å². The van der Waals surface area contributed by atoms with Gasteiger partial charge in [-0.15, -0.1) is 0 Å². The summed E-state index contributed by atoms with van der Waals surface area (Å²) in [5.41, 5.74) is 0. The molecule has 0 saturated heterocycles. The van der Waals surface area contributed by atoms with Gasteiger partial charge in [-0.1, -0.05) is 11.6 Å². The summed E-state index contributed by atoms with van der Waals surface area (Å²) < 4.78 is 4.92. The largest absolute Gasteiger partial charge is 0.462 e. The van der Waals surface area contributed by atoms with Crippen molar-refractivity contribution in [1.82, 2.24) is 0 Å². The van der Waals surface area contributed by atoms with E-state index in [9.17, 15) is 0 Å². The minimum Gasteiger partial charge on any atom is -0.462 e. The van der Waals surface area contributed by atoms with Gasteiger partial charge in [-0.05, 0) is 12.1 Å².